The maximum absolute atomic E-state index is 14.0. The lowest BCUT2D eigenvalue weighted by Crippen LogP contribution is -2.38. The van der Waals surface area contributed by atoms with Gasteiger partial charge in [-0.25, -0.2) is 4.39 Å². The summed E-state index contributed by atoms with van der Waals surface area (Å²) in [4.78, 5) is 14.5. The molecule has 5 heteroatoms. The Labute approximate surface area is 112 Å². The molecule has 19 heavy (non-hydrogen) atoms. The van der Waals surface area contributed by atoms with Gasteiger partial charge in [0, 0.05) is 24.7 Å². The molecule has 0 aliphatic carbocycles. The van der Waals surface area contributed by atoms with Crippen LogP contribution in [-0.4, -0.2) is 55.6 Å². The van der Waals surface area contributed by atoms with Crippen LogP contribution >= 0.6 is 0 Å². The molecule has 0 aromatic heterocycles. The van der Waals surface area contributed by atoms with Crippen molar-refractivity contribution in [2.75, 3.05) is 32.1 Å². The van der Waals surface area contributed by atoms with Gasteiger partial charge in [-0.15, -0.1) is 0 Å². The van der Waals surface area contributed by atoms with E-state index >= 15 is 0 Å². The van der Waals surface area contributed by atoms with Crippen LogP contribution in [0.4, 0.5) is 10.1 Å². The number of hydrogen-bond donors (Lipinski definition) is 1. The second-order valence-corrected chi connectivity index (χ2v) is 5.29. The summed E-state index contributed by atoms with van der Waals surface area (Å²) in [5, 5.41) is 9.80. The van der Waals surface area contributed by atoms with Crippen molar-refractivity contribution in [3.63, 3.8) is 0 Å². The molecule has 0 saturated carbocycles. The number of hydrogen-bond acceptors (Lipinski definition) is 4. The lowest BCUT2D eigenvalue weighted by molar-refractivity contribution is 0.112. The Morgan fingerprint density at radius 3 is 2.84 bits per heavy atom. The third kappa shape index (κ3) is 3.11. The number of aliphatic hydroxyl groups excluding tert-OH is 1. The maximum Gasteiger partial charge on any atom is 0.150 e. The van der Waals surface area contributed by atoms with E-state index in [0.29, 0.717) is 30.5 Å². The second kappa shape index (κ2) is 5.67. The number of likely N-dealkylation sites (N-methyl/N-ethyl adjacent to an activating group) is 1. The molecule has 2 unspecified atom stereocenters. The smallest absolute Gasteiger partial charge is 0.150 e. The molecule has 2 rings (SSSR count). The zero-order valence-electron chi connectivity index (χ0n) is 11.2. The van der Waals surface area contributed by atoms with Crippen LogP contribution in [0, 0.1) is 5.82 Å². The van der Waals surface area contributed by atoms with Crippen LogP contribution in [-0.2, 0) is 0 Å². The summed E-state index contributed by atoms with van der Waals surface area (Å²) in [7, 11) is 3.91. The maximum atomic E-state index is 14.0. The monoisotopic (exact) mass is 266 g/mol. The van der Waals surface area contributed by atoms with Gasteiger partial charge in [0.2, 0.25) is 0 Å². The quantitative estimate of drug-likeness (QED) is 0.830. The lowest BCUT2D eigenvalue weighted by atomic mass is 10.1. The minimum absolute atomic E-state index is 0.0848. The van der Waals surface area contributed by atoms with Gasteiger partial charge in [-0.2, -0.15) is 0 Å². The molecule has 1 saturated heterocycles. The Kier molecular flexibility index (Phi) is 4.17. The highest BCUT2D eigenvalue weighted by atomic mass is 19.1. The van der Waals surface area contributed by atoms with Crippen LogP contribution in [0.1, 0.15) is 16.8 Å². The molecule has 0 radical (unpaired) electrons. The Balaban J connectivity index is 2.25. The van der Waals surface area contributed by atoms with Gasteiger partial charge in [0.15, 0.2) is 0 Å². The summed E-state index contributed by atoms with van der Waals surface area (Å²) in [6.45, 7) is 1.18. The molecule has 1 heterocycles. The molecule has 1 aromatic carbocycles. The number of aliphatic hydroxyl groups is 1. The molecule has 104 valence electrons. The van der Waals surface area contributed by atoms with E-state index in [1.165, 1.54) is 6.07 Å². The van der Waals surface area contributed by atoms with Gasteiger partial charge in [-0.3, -0.25) is 4.79 Å². The van der Waals surface area contributed by atoms with Crippen LogP contribution in [0.3, 0.4) is 0 Å². The van der Waals surface area contributed by atoms with Crippen LogP contribution in [0.2, 0.25) is 0 Å². The number of β-amino-alcohol motifs (C(OH)–C–C–N with tert-alkyl or cyclic N) is 1. The predicted molar refractivity (Wildman–Crippen MR) is 72.1 cm³/mol. The zero-order chi connectivity index (χ0) is 14.0. The highest BCUT2D eigenvalue weighted by Gasteiger charge is 2.32. The Hall–Kier alpha value is -1.46. The van der Waals surface area contributed by atoms with Gasteiger partial charge in [0.05, 0.1) is 11.8 Å². The molecule has 1 aliphatic rings. The van der Waals surface area contributed by atoms with E-state index in [-0.39, 0.29) is 6.04 Å². The number of halogens is 1. The van der Waals surface area contributed by atoms with Crippen LogP contribution < -0.4 is 4.90 Å². The molecule has 1 aromatic rings. The van der Waals surface area contributed by atoms with E-state index in [1.54, 1.807) is 12.1 Å². The lowest BCUT2D eigenvalue weighted by Gasteiger charge is -2.29. The standard InChI is InChI=1S/C14H19FN2O2/c1-16(2)7-11-6-12(19)8-17(11)14-4-3-10(9-18)5-13(14)15/h3-5,9,11-12,19H,6-8H2,1-2H3. The predicted octanol–water partition coefficient (Wildman–Crippen LogP) is 1.14. The van der Waals surface area contributed by atoms with Crippen molar-refractivity contribution in [3.8, 4) is 0 Å². The number of benzene rings is 1. The number of anilines is 1. The second-order valence-electron chi connectivity index (χ2n) is 5.29. The zero-order valence-corrected chi connectivity index (χ0v) is 11.2. The van der Waals surface area contributed by atoms with E-state index in [9.17, 15) is 14.3 Å². The van der Waals surface area contributed by atoms with Gasteiger partial charge in [-0.1, -0.05) is 0 Å². The number of nitrogens with zero attached hydrogens (tertiary/aromatic N) is 2. The molecule has 0 amide bonds. The summed E-state index contributed by atoms with van der Waals surface area (Å²) < 4.78 is 14.0. The van der Waals surface area contributed by atoms with Crippen molar-refractivity contribution < 1.29 is 14.3 Å². The van der Waals surface area contributed by atoms with Gasteiger partial charge >= 0.3 is 0 Å². The average molecular weight is 266 g/mol. The van der Waals surface area contributed by atoms with Gasteiger partial charge in [0.25, 0.3) is 0 Å². The third-order valence-electron chi connectivity index (χ3n) is 3.39. The number of rotatable bonds is 4. The largest absolute Gasteiger partial charge is 0.391 e. The highest BCUT2D eigenvalue weighted by molar-refractivity contribution is 5.76. The normalized spacial score (nSPS) is 23.1. The van der Waals surface area contributed by atoms with Crippen LogP contribution in [0.15, 0.2) is 18.2 Å². The van der Waals surface area contributed by atoms with Gasteiger partial charge < -0.3 is 14.9 Å². The molecule has 4 nitrogen and oxygen atoms in total. The average Bonchev–Trinajstić information content (AvgIpc) is 2.69. The minimum atomic E-state index is -0.435. The topological polar surface area (TPSA) is 43.8 Å². The molecule has 1 N–H and O–H groups in total. The first kappa shape index (κ1) is 14.0. The Bertz CT molecular complexity index is 465. The number of aldehydes is 1. The summed E-state index contributed by atoms with van der Waals surface area (Å²) >= 11 is 0. The summed E-state index contributed by atoms with van der Waals surface area (Å²) in [6, 6.07) is 4.53. The van der Waals surface area contributed by atoms with Gasteiger partial charge in [0.1, 0.15) is 12.1 Å². The fourth-order valence-corrected chi connectivity index (χ4v) is 2.61. The molecular formula is C14H19FN2O2. The van der Waals surface area contributed by atoms with E-state index in [2.05, 4.69) is 0 Å². The summed E-state index contributed by atoms with van der Waals surface area (Å²) in [6.07, 6.45) is 0.825. The molecule has 0 spiro atoms. The number of carbonyl (C=O) groups excluding carboxylic acids is 1. The molecule has 2 atom stereocenters. The van der Waals surface area contributed by atoms with Crippen molar-refractivity contribution in [3.05, 3.63) is 29.6 Å². The molecule has 1 aliphatic heterocycles. The van der Waals surface area contributed by atoms with E-state index < -0.39 is 11.9 Å². The van der Waals surface area contributed by atoms with E-state index in [1.807, 2.05) is 23.9 Å². The third-order valence-corrected chi connectivity index (χ3v) is 3.39. The van der Waals surface area contributed by atoms with E-state index in [0.717, 1.165) is 6.54 Å². The molecular weight excluding hydrogens is 247 g/mol. The van der Waals surface area contributed by atoms with Crippen molar-refractivity contribution in [1.29, 1.82) is 0 Å². The Morgan fingerprint density at radius 1 is 1.53 bits per heavy atom. The van der Waals surface area contributed by atoms with E-state index in [4.69, 9.17) is 0 Å². The number of carbonyl (C=O) groups is 1. The fourth-order valence-electron chi connectivity index (χ4n) is 2.61. The van der Waals surface area contributed by atoms with Crippen molar-refractivity contribution in [2.45, 2.75) is 18.6 Å². The molecule has 1 fully saturated rings. The van der Waals surface area contributed by atoms with Crippen molar-refractivity contribution >= 4 is 12.0 Å². The minimum Gasteiger partial charge on any atom is -0.391 e. The van der Waals surface area contributed by atoms with Crippen molar-refractivity contribution in [1.82, 2.24) is 4.90 Å². The summed E-state index contributed by atoms with van der Waals surface area (Å²) in [5.41, 5.74) is 0.777. The highest BCUT2D eigenvalue weighted by Crippen LogP contribution is 2.28. The first-order chi connectivity index (χ1) is 9.01. The summed E-state index contributed by atoms with van der Waals surface area (Å²) in [5.74, 6) is -0.414. The Morgan fingerprint density at radius 2 is 2.26 bits per heavy atom. The first-order valence-electron chi connectivity index (χ1n) is 6.35. The SMILES string of the molecule is CN(C)CC1CC(O)CN1c1ccc(C=O)cc1F. The van der Waals surface area contributed by atoms with Crippen LogP contribution in [0.25, 0.3) is 0 Å². The van der Waals surface area contributed by atoms with Gasteiger partial charge in [-0.05, 0) is 38.7 Å². The first-order valence-corrected chi connectivity index (χ1v) is 6.35. The van der Waals surface area contributed by atoms with Crippen molar-refractivity contribution in [2.24, 2.45) is 0 Å². The fraction of sp³-hybridized carbons (Fsp3) is 0.500. The molecule has 0 bridgehead atoms. The van der Waals surface area contributed by atoms with Crippen LogP contribution in [0.5, 0.6) is 0 Å².